The van der Waals surface area contributed by atoms with Crippen LogP contribution in [0.1, 0.15) is 29.4 Å². The monoisotopic (exact) mass is 189 g/mol. The minimum absolute atomic E-state index is 0.287. The van der Waals surface area contributed by atoms with Crippen LogP contribution in [0.2, 0.25) is 0 Å². The average molecular weight is 189 g/mol. The molecule has 3 nitrogen and oxygen atoms in total. The molecular formula is C11H11NO2. The van der Waals surface area contributed by atoms with Crippen molar-refractivity contribution in [3.05, 3.63) is 29.6 Å². The Morgan fingerprint density at radius 1 is 1.64 bits per heavy atom. The Hall–Kier alpha value is -1.82. The number of nitrogens with zero attached hydrogens (tertiary/aromatic N) is 1. The topological polar surface area (TPSA) is 39.2 Å². The van der Waals surface area contributed by atoms with E-state index in [4.69, 9.17) is 0 Å². The fourth-order valence-electron chi connectivity index (χ4n) is 0.915. The van der Waals surface area contributed by atoms with Gasteiger partial charge in [0, 0.05) is 18.2 Å². The zero-order valence-corrected chi connectivity index (χ0v) is 8.20. The third-order valence-corrected chi connectivity index (χ3v) is 1.56. The van der Waals surface area contributed by atoms with Crippen LogP contribution < -0.4 is 0 Å². The number of esters is 1. The van der Waals surface area contributed by atoms with Crippen molar-refractivity contribution in [2.45, 2.75) is 13.3 Å². The summed E-state index contributed by atoms with van der Waals surface area (Å²) >= 11 is 0. The van der Waals surface area contributed by atoms with Gasteiger partial charge in [-0.25, -0.2) is 9.78 Å². The van der Waals surface area contributed by atoms with E-state index in [-0.39, 0.29) is 5.69 Å². The van der Waals surface area contributed by atoms with Gasteiger partial charge in [-0.15, -0.1) is 0 Å². The Kier molecular flexibility index (Phi) is 3.69. The predicted molar refractivity (Wildman–Crippen MR) is 52.7 cm³/mol. The summed E-state index contributed by atoms with van der Waals surface area (Å²) in [6, 6.07) is 3.38. The number of ether oxygens (including phenoxy) is 1. The molecule has 0 N–H and O–H groups in total. The molecule has 0 fully saturated rings. The van der Waals surface area contributed by atoms with Gasteiger partial charge in [0.05, 0.1) is 7.11 Å². The zero-order chi connectivity index (χ0) is 10.4. The van der Waals surface area contributed by atoms with Crippen molar-refractivity contribution < 1.29 is 9.53 Å². The van der Waals surface area contributed by atoms with Crippen LogP contribution in [0, 0.1) is 11.8 Å². The third kappa shape index (κ3) is 2.60. The third-order valence-electron chi connectivity index (χ3n) is 1.56. The van der Waals surface area contributed by atoms with Gasteiger partial charge in [0.2, 0.25) is 0 Å². The normalized spacial score (nSPS) is 8.71. The quantitative estimate of drug-likeness (QED) is 0.498. The first-order chi connectivity index (χ1) is 6.77. The molecule has 0 saturated heterocycles. The molecule has 0 radical (unpaired) electrons. The number of pyridine rings is 1. The highest BCUT2D eigenvalue weighted by atomic mass is 16.5. The Morgan fingerprint density at radius 3 is 3.07 bits per heavy atom. The number of aromatic nitrogens is 1. The second kappa shape index (κ2) is 5.03. The summed E-state index contributed by atoms with van der Waals surface area (Å²) in [5, 5.41) is 0. The van der Waals surface area contributed by atoms with E-state index < -0.39 is 5.97 Å². The molecule has 0 atom stereocenters. The minimum atomic E-state index is -0.440. The van der Waals surface area contributed by atoms with Crippen molar-refractivity contribution >= 4 is 5.97 Å². The van der Waals surface area contributed by atoms with Crippen LogP contribution in [0.5, 0.6) is 0 Å². The highest BCUT2D eigenvalue weighted by Gasteiger charge is 2.05. The number of rotatable bonds is 1. The van der Waals surface area contributed by atoms with Gasteiger partial charge in [0.1, 0.15) is 5.69 Å². The van der Waals surface area contributed by atoms with E-state index in [0.717, 1.165) is 12.0 Å². The van der Waals surface area contributed by atoms with Crippen molar-refractivity contribution in [3.8, 4) is 11.8 Å². The van der Waals surface area contributed by atoms with Crippen LogP contribution in [-0.2, 0) is 4.74 Å². The van der Waals surface area contributed by atoms with E-state index in [0.29, 0.717) is 0 Å². The van der Waals surface area contributed by atoms with Crippen molar-refractivity contribution in [1.82, 2.24) is 4.98 Å². The first kappa shape index (κ1) is 10.3. The molecule has 14 heavy (non-hydrogen) atoms. The minimum Gasteiger partial charge on any atom is -0.464 e. The number of carbonyl (C=O) groups excluding carboxylic acids is 1. The number of methoxy groups -OCH3 is 1. The fourth-order valence-corrected chi connectivity index (χ4v) is 0.915. The first-order valence-electron chi connectivity index (χ1n) is 4.31. The summed E-state index contributed by atoms with van der Waals surface area (Å²) in [4.78, 5) is 15.0. The van der Waals surface area contributed by atoms with E-state index >= 15 is 0 Å². The van der Waals surface area contributed by atoms with Crippen LogP contribution in [0.4, 0.5) is 0 Å². The molecule has 1 aromatic heterocycles. The smallest absolute Gasteiger partial charge is 0.356 e. The van der Waals surface area contributed by atoms with E-state index in [9.17, 15) is 4.79 Å². The lowest BCUT2D eigenvalue weighted by Crippen LogP contribution is -2.03. The molecule has 0 aliphatic carbocycles. The van der Waals surface area contributed by atoms with Crippen LogP contribution in [-0.4, -0.2) is 18.1 Å². The van der Waals surface area contributed by atoms with Crippen LogP contribution >= 0.6 is 0 Å². The van der Waals surface area contributed by atoms with Gasteiger partial charge in [-0.3, -0.25) is 0 Å². The lowest BCUT2D eigenvalue weighted by Gasteiger charge is -1.97. The number of hydrogen-bond donors (Lipinski definition) is 0. The standard InChI is InChI=1S/C11H11NO2/c1-3-4-5-9-6-7-12-10(8-9)11(13)14-2/h6-8H,3H2,1-2H3. The Labute approximate surface area is 83.1 Å². The maximum atomic E-state index is 11.1. The van der Waals surface area contributed by atoms with E-state index in [2.05, 4.69) is 21.6 Å². The molecule has 0 saturated carbocycles. The number of hydrogen-bond acceptors (Lipinski definition) is 3. The molecule has 0 amide bonds. The summed E-state index contributed by atoms with van der Waals surface area (Å²) in [7, 11) is 1.33. The van der Waals surface area contributed by atoms with Crippen LogP contribution in [0.3, 0.4) is 0 Å². The first-order valence-corrected chi connectivity index (χ1v) is 4.31. The number of carbonyl (C=O) groups is 1. The predicted octanol–water partition coefficient (Wildman–Crippen LogP) is 1.63. The maximum Gasteiger partial charge on any atom is 0.356 e. The summed E-state index contributed by atoms with van der Waals surface area (Å²) in [6.07, 6.45) is 2.34. The van der Waals surface area contributed by atoms with Gasteiger partial charge in [-0.2, -0.15) is 0 Å². The fraction of sp³-hybridized carbons (Fsp3) is 0.273. The van der Waals surface area contributed by atoms with Gasteiger partial charge in [0.25, 0.3) is 0 Å². The second-order valence-corrected chi connectivity index (χ2v) is 2.58. The largest absolute Gasteiger partial charge is 0.464 e. The molecular weight excluding hydrogens is 178 g/mol. The van der Waals surface area contributed by atoms with Gasteiger partial charge in [-0.1, -0.05) is 18.8 Å². The molecule has 0 bridgehead atoms. The SMILES string of the molecule is CCC#Cc1ccnc(C(=O)OC)c1. The molecule has 0 unspecified atom stereocenters. The molecule has 3 heteroatoms. The van der Waals surface area contributed by atoms with Crippen molar-refractivity contribution in [1.29, 1.82) is 0 Å². The summed E-state index contributed by atoms with van der Waals surface area (Å²) < 4.78 is 4.55. The second-order valence-electron chi connectivity index (χ2n) is 2.58. The molecule has 0 spiro atoms. The highest BCUT2D eigenvalue weighted by molar-refractivity contribution is 5.87. The molecule has 1 aromatic rings. The Morgan fingerprint density at radius 2 is 2.43 bits per heavy atom. The van der Waals surface area contributed by atoms with E-state index in [1.165, 1.54) is 7.11 Å². The van der Waals surface area contributed by atoms with Gasteiger partial charge in [-0.05, 0) is 12.1 Å². The van der Waals surface area contributed by atoms with E-state index in [1.54, 1.807) is 18.3 Å². The highest BCUT2D eigenvalue weighted by Crippen LogP contribution is 2.01. The zero-order valence-electron chi connectivity index (χ0n) is 8.20. The summed E-state index contributed by atoms with van der Waals surface area (Å²) in [5.74, 6) is 5.40. The molecule has 0 aromatic carbocycles. The maximum absolute atomic E-state index is 11.1. The molecule has 1 rings (SSSR count). The van der Waals surface area contributed by atoms with Gasteiger partial charge in [0.15, 0.2) is 0 Å². The van der Waals surface area contributed by atoms with Crippen LogP contribution in [0.15, 0.2) is 18.3 Å². The Balaban J connectivity index is 2.95. The summed E-state index contributed by atoms with van der Waals surface area (Å²) in [6.45, 7) is 1.97. The molecule has 1 heterocycles. The van der Waals surface area contributed by atoms with Crippen molar-refractivity contribution in [2.24, 2.45) is 0 Å². The molecule has 0 aliphatic heterocycles. The van der Waals surface area contributed by atoms with Gasteiger partial charge < -0.3 is 4.74 Å². The molecule has 0 aliphatic rings. The summed E-state index contributed by atoms with van der Waals surface area (Å²) in [5.41, 5.74) is 1.07. The Bertz CT molecular complexity index is 388. The van der Waals surface area contributed by atoms with Crippen molar-refractivity contribution in [3.63, 3.8) is 0 Å². The van der Waals surface area contributed by atoms with Crippen molar-refractivity contribution in [2.75, 3.05) is 7.11 Å². The van der Waals surface area contributed by atoms with Gasteiger partial charge >= 0.3 is 5.97 Å². The average Bonchev–Trinajstić information content (AvgIpc) is 2.25. The van der Waals surface area contributed by atoms with E-state index in [1.807, 2.05) is 6.92 Å². The molecule has 72 valence electrons. The van der Waals surface area contributed by atoms with Crippen LogP contribution in [0.25, 0.3) is 0 Å². The lowest BCUT2D eigenvalue weighted by molar-refractivity contribution is 0.0594. The lowest BCUT2D eigenvalue weighted by atomic mass is 10.2.